The first-order valence-corrected chi connectivity index (χ1v) is 7.32. The van der Waals surface area contributed by atoms with Crippen molar-refractivity contribution in [1.29, 1.82) is 0 Å². The molecule has 3 N–H and O–H groups in total. The van der Waals surface area contributed by atoms with Crippen LogP contribution in [0.5, 0.6) is 0 Å². The van der Waals surface area contributed by atoms with Crippen LogP contribution in [0.15, 0.2) is 41.1 Å². The minimum absolute atomic E-state index is 0.0569. The largest absolute Gasteiger partial charge is 0.352 e. The van der Waals surface area contributed by atoms with Gasteiger partial charge >= 0.3 is 0 Å². The Morgan fingerprint density at radius 1 is 1.25 bits per heavy atom. The van der Waals surface area contributed by atoms with Crippen molar-refractivity contribution >= 4 is 17.2 Å². The van der Waals surface area contributed by atoms with E-state index in [0.29, 0.717) is 18.7 Å². The van der Waals surface area contributed by atoms with E-state index in [1.165, 1.54) is 5.56 Å². The van der Waals surface area contributed by atoms with Crippen molar-refractivity contribution in [3.63, 3.8) is 0 Å². The molecule has 0 unspecified atom stereocenters. The van der Waals surface area contributed by atoms with E-state index in [1.54, 1.807) is 23.5 Å². The second-order valence-corrected chi connectivity index (χ2v) is 5.00. The van der Waals surface area contributed by atoms with Gasteiger partial charge in [-0.1, -0.05) is 11.8 Å². The molecule has 1 aromatic heterocycles. The molecule has 1 aromatic carbocycles. The second-order valence-electron chi connectivity index (χ2n) is 4.22. The Hall–Kier alpha value is -2.09. The molecule has 0 aliphatic rings. The maximum Gasteiger partial charge on any atom is 0.251 e. The third-order valence-corrected chi connectivity index (χ3v) is 3.49. The summed E-state index contributed by atoms with van der Waals surface area (Å²) >= 11 is 1.67. The molecular formula is C16H16N2OS. The standard InChI is InChI=1S/C16H16N2OS/c17-9-1-2-13-3-5-15(6-4-13)16(19)18-10-7-14-8-11-20-12-14/h3-6,8,11-12H,7,9-10,17H2,(H,18,19). The molecule has 3 nitrogen and oxygen atoms in total. The summed E-state index contributed by atoms with van der Waals surface area (Å²) in [6, 6.07) is 9.29. The van der Waals surface area contributed by atoms with Gasteiger partial charge in [0, 0.05) is 17.7 Å². The van der Waals surface area contributed by atoms with Crippen LogP contribution < -0.4 is 11.1 Å². The van der Waals surface area contributed by atoms with Gasteiger partial charge in [0.15, 0.2) is 0 Å². The SMILES string of the molecule is NCC#Cc1ccc(C(=O)NCCc2ccsc2)cc1. The monoisotopic (exact) mass is 284 g/mol. The Kier molecular flexibility index (Phi) is 5.36. The number of nitrogens with two attached hydrogens (primary N) is 1. The number of carbonyl (C=O) groups excluding carboxylic acids is 1. The van der Waals surface area contributed by atoms with E-state index in [1.807, 2.05) is 17.5 Å². The smallest absolute Gasteiger partial charge is 0.251 e. The van der Waals surface area contributed by atoms with Crippen LogP contribution in [-0.2, 0) is 6.42 Å². The zero-order valence-corrected chi connectivity index (χ0v) is 11.9. The topological polar surface area (TPSA) is 55.1 Å². The van der Waals surface area contributed by atoms with Gasteiger partial charge in [-0.15, -0.1) is 0 Å². The fraction of sp³-hybridized carbons (Fsp3) is 0.188. The number of rotatable bonds is 4. The molecule has 4 heteroatoms. The third kappa shape index (κ3) is 4.23. The molecule has 0 saturated carbocycles. The van der Waals surface area contributed by atoms with Crippen molar-refractivity contribution in [1.82, 2.24) is 5.32 Å². The van der Waals surface area contributed by atoms with Crippen LogP contribution in [0.1, 0.15) is 21.5 Å². The highest BCUT2D eigenvalue weighted by atomic mass is 32.1. The highest BCUT2D eigenvalue weighted by Crippen LogP contribution is 2.06. The third-order valence-electron chi connectivity index (χ3n) is 2.76. The van der Waals surface area contributed by atoms with Gasteiger partial charge in [-0.2, -0.15) is 11.3 Å². The van der Waals surface area contributed by atoms with E-state index in [4.69, 9.17) is 5.73 Å². The Balaban J connectivity index is 1.85. The molecule has 0 fully saturated rings. The van der Waals surface area contributed by atoms with E-state index < -0.39 is 0 Å². The first-order valence-electron chi connectivity index (χ1n) is 6.38. The average Bonchev–Trinajstić information content (AvgIpc) is 2.99. The fourth-order valence-corrected chi connectivity index (χ4v) is 2.42. The summed E-state index contributed by atoms with van der Waals surface area (Å²) in [6.45, 7) is 0.981. The van der Waals surface area contributed by atoms with Gasteiger partial charge in [-0.25, -0.2) is 0 Å². The lowest BCUT2D eigenvalue weighted by Gasteiger charge is -2.04. The number of benzene rings is 1. The van der Waals surface area contributed by atoms with Crippen LogP contribution in [0.25, 0.3) is 0 Å². The Morgan fingerprint density at radius 3 is 2.70 bits per heavy atom. The first-order chi connectivity index (χ1) is 9.79. The highest BCUT2D eigenvalue weighted by molar-refractivity contribution is 7.07. The lowest BCUT2D eigenvalue weighted by Crippen LogP contribution is -2.25. The number of carbonyl (C=O) groups is 1. The number of hydrogen-bond donors (Lipinski definition) is 2. The van der Waals surface area contributed by atoms with Crippen molar-refractivity contribution in [3.05, 3.63) is 57.8 Å². The molecule has 0 aliphatic carbocycles. The van der Waals surface area contributed by atoms with Crippen LogP contribution in [0.2, 0.25) is 0 Å². The predicted octanol–water partition coefficient (Wildman–Crippen LogP) is 2.03. The maximum absolute atomic E-state index is 11.9. The molecule has 0 radical (unpaired) electrons. The summed E-state index contributed by atoms with van der Waals surface area (Å²) in [5.41, 5.74) is 8.08. The van der Waals surface area contributed by atoms with Crippen molar-refractivity contribution in [3.8, 4) is 11.8 Å². The number of nitrogens with one attached hydrogen (secondary N) is 1. The summed E-state index contributed by atoms with van der Waals surface area (Å²) in [4.78, 5) is 11.9. The normalized spacial score (nSPS) is 9.65. The lowest BCUT2D eigenvalue weighted by molar-refractivity contribution is 0.0954. The quantitative estimate of drug-likeness (QED) is 0.844. The highest BCUT2D eigenvalue weighted by Gasteiger charge is 2.04. The number of hydrogen-bond acceptors (Lipinski definition) is 3. The van der Waals surface area contributed by atoms with Gasteiger partial charge in [0.25, 0.3) is 5.91 Å². The summed E-state index contributed by atoms with van der Waals surface area (Å²) in [5, 5.41) is 7.04. The summed E-state index contributed by atoms with van der Waals surface area (Å²) in [5.74, 6) is 5.65. The van der Waals surface area contributed by atoms with Crippen LogP contribution in [-0.4, -0.2) is 19.0 Å². The first kappa shape index (κ1) is 14.3. The summed E-state index contributed by atoms with van der Waals surface area (Å²) in [6.07, 6.45) is 0.856. The van der Waals surface area contributed by atoms with Crippen LogP contribution in [0.4, 0.5) is 0 Å². The predicted molar refractivity (Wildman–Crippen MR) is 82.7 cm³/mol. The molecule has 0 bridgehead atoms. The fourth-order valence-electron chi connectivity index (χ4n) is 1.72. The molecule has 0 aliphatic heterocycles. The van der Waals surface area contributed by atoms with Gasteiger partial charge in [-0.05, 0) is 53.1 Å². The molecule has 2 aromatic rings. The number of amides is 1. The lowest BCUT2D eigenvalue weighted by atomic mass is 10.1. The van der Waals surface area contributed by atoms with Gasteiger partial charge in [0.05, 0.1) is 6.54 Å². The molecule has 20 heavy (non-hydrogen) atoms. The number of thiophene rings is 1. The van der Waals surface area contributed by atoms with Crippen LogP contribution >= 0.6 is 11.3 Å². The molecule has 0 atom stereocenters. The van der Waals surface area contributed by atoms with Crippen molar-refractivity contribution in [2.24, 2.45) is 5.73 Å². The minimum atomic E-state index is -0.0569. The minimum Gasteiger partial charge on any atom is -0.352 e. The average molecular weight is 284 g/mol. The second kappa shape index (κ2) is 7.49. The Labute approximate surface area is 122 Å². The Bertz CT molecular complexity index is 606. The van der Waals surface area contributed by atoms with Crippen LogP contribution in [0, 0.1) is 11.8 Å². The van der Waals surface area contributed by atoms with Gasteiger partial charge < -0.3 is 11.1 Å². The van der Waals surface area contributed by atoms with Crippen LogP contribution in [0.3, 0.4) is 0 Å². The molecule has 102 valence electrons. The summed E-state index contributed by atoms with van der Waals surface area (Å²) < 4.78 is 0. The van der Waals surface area contributed by atoms with E-state index >= 15 is 0 Å². The van der Waals surface area contributed by atoms with Crippen molar-refractivity contribution < 1.29 is 4.79 Å². The zero-order chi connectivity index (χ0) is 14.2. The Morgan fingerprint density at radius 2 is 2.05 bits per heavy atom. The van der Waals surface area contributed by atoms with Gasteiger partial charge in [0.1, 0.15) is 0 Å². The van der Waals surface area contributed by atoms with E-state index in [2.05, 4.69) is 28.6 Å². The molecular weight excluding hydrogens is 268 g/mol. The van der Waals surface area contributed by atoms with Gasteiger partial charge in [0.2, 0.25) is 0 Å². The van der Waals surface area contributed by atoms with E-state index in [9.17, 15) is 4.79 Å². The molecule has 0 spiro atoms. The molecule has 2 rings (SSSR count). The molecule has 1 heterocycles. The van der Waals surface area contributed by atoms with Crippen molar-refractivity contribution in [2.45, 2.75) is 6.42 Å². The maximum atomic E-state index is 11.9. The molecule has 1 amide bonds. The van der Waals surface area contributed by atoms with E-state index in [-0.39, 0.29) is 5.91 Å². The zero-order valence-electron chi connectivity index (χ0n) is 11.1. The summed E-state index contributed by atoms with van der Waals surface area (Å²) in [7, 11) is 0. The van der Waals surface area contributed by atoms with E-state index in [0.717, 1.165) is 12.0 Å². The molecule has 0 saturated heterocycles. The van der Waals surface area contributed by atoms with Gasteiger partial charge in [-0.3, -0.25) is 4.79 Å². The van der Waals surface area contributed by atoms with Crippen molar-refractivity contribution in [2.75, 3.05) is 13.1 Å².